The number of nitrogens with zero attached hydrogens (tertiary/aromatic N) is 3. The fourth-order valence-corrected chi connectivity index (χ4v) is 5.25. The van der Waals surface area contributed by atoms with Crippen LogP contribution in [0.4, 0.5) is 0 Å². The molecule has 1 amide bonds. The van der Waals surface area contributed by atoms with Crippen molar-refractivity contribution in [1.82, 2.24) is 14.9 Å². The lowest BCUT2D eigenvalue weighted by atomic mass is 10.0. The second-order valence-electron chi connectivity index (χ2n) is 6.29. The molecule has 4 heterocycles. The molecule has 0 saturated carbocycles. The summed E-state index contributed by atoms with van der Waals surface area (Å²) in [6.45, 7) is 0.767. The molecular weight excluding hydrogens is 386 g/mol. The zero-order valence-electron chi connectivity index (χ0n) is 14.1. The number of thiazole rings is 1. The predicted molar refractivity (Wildman–Crippen MR) is 107 cm³/mol. The number of amides is 1. The Hall–Kier alpha value is -1.76. The van der Waals surface area contributed by atoms with Crippen LogP contribution in [0.5, 0.6) is 0 Å². The van der Waals surface area contributed by atoms with Gasteiger partial charge in [0.15, 0.2) is 0 Å². The van der Waals surface area contributed by atoms with Crippen LogP contribution in [0, 0.1) is 0 Å². The van der Waals surface area contributed by atoms with E-state index >= 15 is 0 Å². The Labute approximate surface area is 165 Å². The molecule has 134 valence electrons. The minimum atomic E-state index is 0.0128. The van der Waals surface area contributed by atoms with E-state index in [1.165, 1.54) is 22.7 Å². The van der Waals surface area contributed by atoms with Gasteiger partial charge >= 0.3 is 0 Å². The summed E-state index contributed by atoms with van der Waals surface area (Å²) in [5.74, 6) is 0.0128. The predicted octanol–water partition coefficient (Wildman–Crippen LogP) is 5.68. The Kier molecular flexibility index (Phi) is 5.33. The number of hydrogen-bond donors (Lipinski definition) is 0. The summed E-state index contributed by atoms with van der Waals surface area (Å²) in [6, 6.07) is 7.92. The first kappa shape index (κ1) is 17.6. The van der Waals surface area contributed by atoms with Gasteiger partial charge in [0.05, 0.1) is 15.3 Å². The molecule has 1 aliphatic heterocycles. The van der Waals surface area contributed by atoms with Crippen LogP contribution in [0.1, 0.15) is 47.8 Å². The van der Waals surface area contributed by atoms with Gasteiger partial charge < -0.3 is 4.90 Å². The fraction of sp³-hybridized carbons (Fsp3) is 0.316. The number of rotatable bonds is 3. The molecule has 3 aromatic rings. The largest absolute Gasteiger partial charge is 0.330 e. The minimum Gasteiger partial charge on any atom is -0.330 e. The van der Waals surface area contributed by atoms with Crippen molar-refractivity contribution in [1.29, 1.82) is 0 Å². The summed E-state index contributed by atoms with van der Waals surface area (Å²) in [5, 5.41) is 2.71. The number of thiophene rings is 1. The van der Waals surface area contributed by atoms with Crippen LogP contribution in [-0.2, 0) is 0 Å². The fourth-order valence-electron chi connectivity index (χ4n) is 3.35. The van der Waals surface area contributed by atoms with E-state index in [-0.39, 0.29) is 11.9 Å². The van der Waals surface area contributed by atoms with E-state index in [4.69, 9.17) is 11.6 Å². The highest BCUT2D eigenvalue weighted by molar-refractivity contribution is 7.23. The van der Waals surface area contributed by atoms with Crippen molar-refractivity contribution in [2.75, 3.05) is 6.54 Å². The first-order chi connectivity index (χ1) is 12.7. The van der Waals surface area contributed by atoms with E-state index < -0.39 is 0 Å². The van der Waals surface area contributed by atoms with Gasteiger partial charge in [0.2, 0.25) is 0 Å². The van der Waals surface area contributed by atoms with Gasteiger partial charge in [-0.3, -0.25) is 9.78 Å². The molecule has 1 saturated heterocycles. The number of carbonyl (C=O) groups excluding carboxylic acids is 1. The zero-order chi connectivity index (χ0) is 17.9. The van der Waals surface area contributed by atoms with Gasteiger partial charge in [-0.25, -0.2) is 4.98 Å². The Bertz CT molecular complexity index is 893. The molecule has 4 rings (SSSR count). The molecule has 7 heteroatoms. The monoisotopic (exact) mass is 403 g/mol. The minimum absolute atomic E-state index is 0.0128. The third-order valence-electron chi connectivity index (χ3n) is 4.61. The smallest absolute Gasteiger partial charge is 0.273 e. The van der Waals surface area contributed by atoms with Gasteiger partial charge in [-0.05, 0) is 42.7 Å². The Balaban J connectivity index is 1.61. The maximum absolute atomic E-state index is 13.2. The van der Waals surface area contributed by atoms with E-state index in [1.807, 2.05) is 34.5 Å². The van der Waals surface area contributed by atoms with Gasteiger partial charge in [0.25, 0.3) is 5.91 Å². The van der Waals surface area contributed by atoms with E-state index in [2.05, 4.69) is 9.97 Å². The van der Waals surface area contributed by atoms with Gasteiger partial charge in [-0.15, -0.1) is 22.7 Å². The molecule has 0 bridgehead atoms. The molecule has 0 N–H and O–H groups in total. The summed E-state index contributed by atoms with van der Waals surface area (Å²) in [4.78, 5) is 24.9. The first-order valence-electron chi connectivity index (χ1n) is 8.64. The van der Waals surface area contributed by atoms with Crippen LogP contribution in [0.3, 0.4) is 0 Å². The molecule has 1 aliphatic rings. The molecule has 3 aromatic heterocycles. The standard InChI is InChI=1S/C19H18ClN3OS2/c20-17-6-5-16(26-17)18-22-14(12-25-18)19(24)23-11-3-1-2-4-15(23)13-7-9-21-10-8-13/h5-10,12,15H,1-4,11H2. The molecular formula is C19H18ClN3OS2. The SMILES string of the molecule is O=C(c1csc(-c2ccc(Cl)s2)n1)N1CCCCCC1c1ccncc1. The van der Waals surface area contributed by atoms with Gasteiger partial charge in [0, 0.05) is 24.3 Å². The van der Waals surface area contributed by atoms with E-state index in [9.17, 15) is 4.79 Å². The number of likely N-dealkylation sites (tertiary alicyclic amines) is 1. The summed E-state index contributed by atoms with van der Waals surface area (Å²) in [7, 11) is 0. The normalized spacial score (nSPS) is 17.9. The van der Waals surface area contributed by atoms with Crippen LogP contribution < -0.4 is 0 Å². The lowest BCUT2D eigenvalue weighted by Gasteiger charge is -2.29. The molecule has 0 aromatic carbocycles. The number of aromatic nitrogens is 2. The van der Waals surface area contributed by atoms with Crippen LogP contribution in [0.15, 0.2) is 42.0 Å². The third kappa shape index (κ3) is 3.68. The maximum Gasteiger partial charge on any atom is 0.273 e. The topological polar surface area (TPSA) is 46.1 Å². The Morgan fingerprint density at radius 3 is 2.77 bits per heavy atom. The van der Waals surface area contributed by atoms with Crippen LogP contribution in [0.25, 0.3) is 9.88 Å². The van der Waals surface area contributed by atoms with Crippen molar-refractivity contribution >= 4 is 40.2 Å². The Morgan fingerprint density at radius 2 is 2.00 bits per heavy atom. The molecule has 0 spiro atoms. The highest BCUT2D eigenvalue weighted by Gasteiger charge is 2.29. The number of halogens is 1. The van der Waals surface area contributed by atoms with E-state index in [0.29, 0.717) is 5.69 Å². The van der Waals surface area contributed by atoms with Gasteiger partial charge in [-0.1, -0.05) is 24.4 Å². The number of pyridine rings is 1. The van der Waals surface area contributed by atoms with Crippen LogP contribution in [0.2, 0.25) is 4.34 Å². The number of carbonyl (C=O) groups is 1. The van der Waals surface area contributed by atoms with Crippen LogP contribution >= 0.6 is 34.3 Å². The second kappa shape index (κ2) is 7.86. The van der Waals surface area contributed by atoms with Crippen molar-refractivity contribution in [3.63, 3.8) is 0 Å². The molecule has 1 unspecified atom stereocenters. The molecule has 26 heavy (non-hydrogen) atoms. The average Bonchev–Trinajstić information content (AvgIpc) is 3.25. The summed E-state index contributed by atoms with van der Waals surface area (Å²) in [6.07, 6.45) is 7.89. The first-order valence-corrected chi connectivity index (χ1v) is 10.7. The lowest BCUT2D eigenvalue weighted by molar-refractivity contribution is 0.0675. The van der Waals surface area contributed by atoms with E-state index in [1.54, 1.807) is 12.4 Å². The lowest BCUT2D eigenvalue weighted by Crippen LogP contribution is -2.35. The molecule has 1 fully saturated rings. The highest BCUT2D eigenvalue weighted by Crippen LogP contribution is 2.35. The van der Waals surface area contributed by atoms with Crippen molar-refractivity contribution in [3.8, 4) is 9.88 Å². The van der Waals surface area contributed by atoms with Crippen molar-refractivity contribution in [3.05, 3.63) is 57.6 Å². The molecule has 4 nitrogen and oxygen atoms in total. The average molecular weight is 404 g/mol. The Morgan fingerprint density at radius 1 is 1.15 bits per heavy atom. The van der Waals surface area contributed by atoms with Gasteiger partial charge in [-0.2, -0.15) is 0 Å². The molecule has 0 aliphatic carbocycles. The maximum atomic E-state index is 13.2. The van der Waals surface area contributed by atoms with Gasteiger partial charge in [0.1, 0.15) is 10.7 Å². The summed E-state index contributed by atoms with van der Waals surface area (Å²) >= 11 is 9.00. The quantitative estimate of drug-likeness (QED) is 0.565. The van der Waals surface area contributed by atoms with Crippen LogP contribution in [-0.4, -0.2) is 27.3 Å². The van der Waals surface area contributed by atoms with Crippen molar-refractivity contribution in [2.24, 2.45) is 0 Å². The highest BCUT2D eigenvalue weighted by atomic mass is 35.5. The van der Waals surface area contributed by atoms with Crippen molar-refractivity contribution in [2.45, 2.75) is 31.7 Å². The molecule has 1 atom stereocenters. The summed E-state index contributed by atoms with van der Waals surface area (Å²) in [5.41, 5.74) is 1.67. The third-order valence-corrected chi connectivity index (χ3v) is 6.85. The van der Waals surface area contributed by atoms with E-state index in [0.717, 1.165) is 52.0 Å². The second-order valence-corrected chi connectivity index (χ2v) is 8.86. The molecule has 0 radical (unpaired) electrons. The summed E-state index contributed by atoms with van der Waals surface area (Å²) < 4.78 is 0.730. The number of hydrogen-bond acceptors (Lipinski definition) is 5. The van der Waals surface area contributed by atoms with Crippen molar-refractivity contribution < 1.29 is 4.79 Å². The zero-order valence-corrected chi connectivity index (χ0v) is 16.5.